The number of benzene rings is 3. The number of thioether (sulfide) groups is 1. The zero-order valence-electron chi connectivity index (χ0n) is 36.3. The molecule has 3 aromatic carbocycles. The van der Waals surface area contributed by atoms with Gasteiger partial charge in [0, 0.05) is 17.8 Å². The fourth-order valence-electron chi connectivity index (χ4n) is 7.37. The van der Waals surface area contributed by atoms with Gasteiger partial charge in [-0.25, -0.2) is 24.3 Å². The number of esters is 1. The van der Waals surface area contributed by atoms with E-state index in [-0.39, 0.29) is 28.7 Å². The van der Waals surface area contributed by atoms with Crippen molar-refractivity contribution in [1.82, 2.24) is 19.5 Å². The molecule has 0 spiro atoms. The maximum Gasteiger partial charge on any atom is 0.335 e. The number of nitrogens with one attached hydrogen (secondary N) is 1. The van der Waals surface area contributed by atoms with Crippen molar-refractivity contribution < 1.29 is 29.0 Å². The molecule has 61 heavy (non-hydrogen) atoms. The number of fused-ring (bicyclic) bond motifs is 2. The lowest BCUT2D eigenvalue weighted by atomic mass is 10.0. The fourth-order valence-corrected chi connectivity index (χ4v) is 8.11. The van der Waals surface area contributed by atoms with Gasteiger partial charge in [0.25, 0.3) is 5.91 Å². The number of hydrogen-bond donors (Lipinski definition) is 2. The van der Waals surface area contributed by atoms with Gasteiger partial charge in [-0.1, -0.05) is 159 Å². The molecule has 2 amide bonds. The second kappa shape index (κ2) is 25.6. The number of para-hydroxylation sites is 2. The predicted molar refractivity (Wildman–Crippen MR) is 246 cm³/mol. The van der Waals surface area contributed by atoms with Crippen LogP contribution < -0.4 is 15.0 Å². The Morgan fingerprint density at radius 2 is 1.36 bits per heavy atom. The van der Waals surface area contributed by atoms with Gasteiger partial charge >= 0.3 is 12.0 Å². The topological polar surface area (TPSA) is 149 Å². The van der Waals surface area contributed by atoms with Crippen molar-refractivity contribution in [3.63, 3.8) is 0 Å². The number of phenols is 1. The minimum atomic E-state index is -0.486. The quantitative estimate of drug-likeness (QED) is 0.0226. The van der Waals surface area contributed by atoms with Gasteiger partial charge in [0.05, 0.1) is 35.9 Å². The lowest BCUT2D eigenvalue weighted by Gasteiger charge is -2.20. The minimum Gasteiger partial charge on any atom is -0.506 e. The molecular formula is C48H64N6O6S. The van der Waals surface area contributed by atoms with Gasteiger partial charge in [-0.2, -0.15) is 0 Å². The molecule has 0 aliphatic rings. The van der Waals surface area contributed by atoms with Crippen LogP contribution in [0.4, 0.5) is 16.2 Å². The van der Waals surface area contributed by atoms with Crippen LogP contribution in [0.3, 0.4) is 0 Å². The standard InChI is InChI=1S/C48H64N6O6S/c1-4-6-8-10-12-13-14-15-16-17-19-22-31-59-41-28-21-20-26-39(41)52-46(57)38-30-29-36-37(44(38)56)25-24-27-40(36)53(3)48(58)54-35-51-43-45(54)49-34-50-47(43)61-33-42(55)60-32-23-18-11-9-7-5-2/h20-21,24-30,34-35,56H,4-19,22-23,31-33H2,1-3H3,(H,52,57). The highest BCUT2D eigenvalue weighted by Gasteiger charge is 2.23. The molecule has 13 heteroatoms. The molecule has 0 fully saturated rings. The molecule has 0 aliphatic carbocycles. The number of aromatic nitrogens is 4. The Balaban J connectivity index is 1.15. The van der Waals surface area contributed by atoms with Gasteiger partial charge in [-0.05, 0) is 37.1 Å². The van der Waals surface area contributed by atoms with Gasteiger partial charge in [-0.3, -0.25) is 14.5 Å². The first kappa shape index (κ1) is 46.9. The van der Waals surface area contributed by atoms with Crippen LogP contribution in [0.1, 0.15) is 140 Å². The molecule has 0 saturated carbocycles. The summed E-state index contributed by atoms with van der Waals surface area (Å²) in [5, 5.41) is 15.8. The van der Waals surface area contributed by atoms with Crippen molar-refractivity contribution in [3.8, 4) is 11.5 Å². The molecule has 0 bridgehead atoms. The van der Waals surface area contributed by atoms with Crippen molar-refractivity contribution in [3.05, 3.63) is 72.8 Å². The monoisotopic (exact) mass is 852 g/mol. The number of ether oxygens (including phenoxy) is 2. The molecule has 12 nitrogen and oxygen atoms in total. The molecule has 2 N–H and O–H groups in total. The summed E-state index contributed by atoms with van der Waals surface area (Å²) >= 11 is 1.19. The Bertz CT molecular complexity index is 2160. The van der Waals surface area contributed by atoms with Crippen LogP contribution in [0, 0.1) is 0 Å². The molecule has 2 aromatic heterocycles. The number of imidazole rings is 1. The first-order valence-corrected chi connectivity index (χ1v) is 23.3. The second-order valence-corrected chi connectivity index (χ2v) is 16.6. The molecule has 5 rings (SSSR count). The summed E-state index contributed by atoms with van der Waals surface area (Å²) in [6.45, 7) is 5.38. The number of phenolic OH excluding ortho intramolecular Hbond substituents is 1. The van der Waals surface area contributed by atoms with Gasteiger partial charge < -0.3 is 19.9 Å². The van der Waals surface area contributed by atoms with Crippen molar-refractivity contribution in [2.75, 3.05) is 36.2 Å². The van der Waals surface area contributed by atoms with E-state index >= 15 is 0 Å². The molecule has 0 radical (unpaired) electrons. The molecule has 0 saturated heterocycles. The van der Waals surface area contributed by atoms with E-state index in [1.54, 1.807) is 43.4 Å². The van der Waals surface area contributed by atoms with Crippen LogP contribution in [-0.2, 0) is 9.53 Å². The predicted octanol–water partition coefficient (Wildman–Crippen LogP) is 12.1. The number of unbranched alkanes of at least 4 members (excludes halogenated alkanes) is 16. The number of carbonyl (C=O) groups excluding carboxylic acids is 3. The highest BCUT2D eigenvalue weighted by molar-refractivity contribution is 8.00. The molecule has 0 aliphatic heterocycles. The van der Waals surface area contributed by atoms with Crippen molar-refractivity contribution in [2.24, 2.45) is 0 Å². The summed E-state index contributed by atoms with van der Waals surface area (Å²) in [5.41, 5.74) is 1.78. The smallest absolute Gasteiger partial charge is 0.335 e. The van der Waals surface area contributed by atoms with E-state index in [0.29, 0.717) is 51.7 Å². The fraction of sp³-hybridized carbons (Fsp3) is 0.500. The third-order valence-electron chi connectivity index (χ3n) is 10.9. The van der Waals surface area contributed by atoms with Crippen molar-refractivity contribution in [1.29, 1.82) is 0 Å². The van der Waals surface area contributed by atoms with E-state index in [2.05, 4.69) is 34.1 Å². The van der Waals surface area contributed by atoms with Crippen LogP contribution in [0.2, 0.25) is 0 Å². The number of carbonyl (C=O) groups is 3. The third kappa shape index (κ3) is 13.9. The maximum atomic E-state index is 13.9. The summed E-state index contributed by atoms with van der Waals surface area (Å²) in [6, 6.07) is 15.3. The third-order valence-corrected chi connectivity index (χ3v) is 11.8. The van der Waals surface area contributed by atoms with Crippen LogP contribution in [0.25, 0.3) is 21.9 Å². The molecule has 0 atom stereocenters. The van der Waals surface area contributed by atoms with Gasteiger partial charge in [0.2, 0.25) is 0 Å². The Morgan fingerprint density at radius 1 is 0.721 bits per heavy atom. The molecule has 2 heterocycles. The van der Waals surface area contributed by atoms with Gasteiger partial charge in [0.1, 0.15) is 34.7 Å². The Hall–Kier alpha value is -5.17. The summed E-state index contributed by atoms with van der Waals surface area (Å²) in [7, 11) is 1.62. The first-order valence-electron chi connectivity index (χ1n) is 22.4. The zero-order valence-corrected chi connectivity index (χ0v) is 37.1. The van der Waals surface area contributed by atoms with Gasteiger partial charge in [0.15, 0.2) is 5.65 Å². The lowest BCUT2D eigenvalue weighted by Crippen LogP contribution is -2.30. The molecule has 0 unspecified atom stereocenters. The highest BCUT2D eigenvalue weighted by atomic mass is 32.2. The van der Waals surface area contributed by atoms with E-state index in [9.17, 15) is 19.5 Å². The lowest BCUT2D eigenvalue weighted by molar-refractivity contribution is -0.140. The minimum absolute atomic E-state index is 0.0575. The first-order chi connectivity index (χ1) is 29.8. The maximum absolute atomic E-state index is 13.9. The SMILES string of the molecule is CCCCCCCCCCCCCCOc1ccccc1NC(=O)c1ccc2c(N(C)C(=O)n3cnc4c(SCC(=O)OCCCCCCCC)ncnc43)cccc2c1O. The van der Waals surface area contributed by atoms with E-state index in [1.165, 1.54) is 117 Å². The average Bonchev–Trinajstić information content (AvgIpc) is 3.72. The Labute approximate surface area is 365 Å². The number of anilines is 2. The normalized spacial score (nSPS) is 11.3. The summed E-state index contributed by atoms with van der Waals surface area (Å²) in [4.78, 5) is 54.5. The number of nitrogens with zero attached hydrogens (tertiary/aromatic N) is 5. The second-order valence-electron chi connectivity index (χ2n) is 15.6. The zero-order chi connectivity index (χ0) is 43.2. The van der Waals surface area contributed by atoms with E-state index < -0.39 is 11.9 Å². The summed E-state index contributed by atoms with van der Waals surface area (Å²) in [6.07, 6.45) is 24.6. The Kier molecular flexibility index (Phi) is 19.7. The van der Waals surface area contributed by atoms with Crippen LogP contribution in [-0.4, -0.2) is 68.5 Å². The van der Waals surface area contributed by atoms with Gasteiger partial charge in [-0.15, -0.1) is 0 Å². The van der Waals surface area contributed by atoms with E-state index in [1.807, 2.05) is 18.2 Å². The van der Waals surface area contributed by atoms with Crippen molar-refractivity contribution in [2.45, 2.75) is 134 Å². The van der Waals surface area contributed by atoms with Crippen LogP contribution in [0.15, 0.2) is 72.3 Å². The average molecular weight is 853 g/mol. The summed E-state index contributed by atoms with van der Waals surface area (Å²) < 4.78 is 12.8. The number of rotatable bonds is 27. The number of aromatic hydroxyl groups is 1. The van der Waals surface area contributed by atoms with E-state index in [0.717, 1.165) is 32.1 Å². The molecular weight excluding hydrogens is 789 g/mol. The molecule has 5 aromatic rings. The largest absolute Gasteiger partial charge is 0.506 e. The summed E-state index contributed by atoms with van der Waals surface area (Å²) in [5.74, 6) is -0.395. The molecule has 328 valence electrons. The van der Waals surface area contributed by atoms with E-state index in [4.69, 9.17) is 9.47 Å². The number of hydrogen-bond acceptors (Lipinski definition) is 10. The highest BCUT2D eigenvalue weighted by Crippen LogP contribution is 2.36. The van der Waals surface area contributed by atoms with Crippen LogP contribution >= 0.6 is 11.8 Å². The number of amides is 2. The Morgan fingerprint density at radius 3 is 2.05 bits per heavy atom. The van der Waals surface area contributed by atoms with Crippen molar-refractivity contribution >= 4 is 63.0 Å². The van der Waals surface area contributed by atoms with Crippen LogP contribution in [0.5, 0.6) is 11.5 Å².